The number of aryl methyl sites for hydroxylation is 2. The van der Waals surface area contributed by atoms with Crippen molar-refractivity contribution in [2.45, 2.75) is 33.1 Å². The summed E-state index contributed by atoms with van der Waals surface area (Å²) in [6, 6.07) is 26.6. The van der Waals surface area contributed by atoms with Gasteiger partial charge in [-0.25, -0.2) is 0 Å². The highest BCUT2D eigenvalue weighted by molar-refractivity contribution is 5.73. The third kappa shape index (κ3) is 3.90. The van der Waals surface area contributed by atoms with Crippen LogP contribution < -0.4 is 0 Å². The van der Waals surface area contributed by atoms with E-state index in [-0.39, 0.29) is 0 Å². The van der Waals surface area contributed by atoms with E-state index in [2.05, 4.69) is 86.6 Å². The van der Waals surface area contributed by atoms with Gasteiger partial charge < -0.3 is 0 Å². The zero-order valence-electron chi connectivity index (χ0n) is 14.0. The van der Waals surface area contributed by atoms with E-state index in [1.165, 1.54) is 52.6 Å². The van der Waals surface area contributed by atoms with Crippen LogP contribution in [0.25, 0.3) is 22.3 Å². The predicted octanol–water partition coefficient (Wildman–Crippen LogP) is 6.67. The molecule has 0 nitrogen and oxygen atoms in total. The van der Waals surface area contributed by atoms with Crippen LogP contribution in [0.3, 0.4) is 0 Å². The second-order valence-corrected chi connectivity index (χ2v) is 6.25. The summed E-state index contributed by atoms with van der Waals surface area (Å²) in [5, 5.41) is 0. The Kier molecular flexibility index (Phi) is 4.92. The molecule has 0 amide bonds. The third-order valence-electron chi connectivity index (χ3n) is 4.35. The molecule has 0 aromatic heterocycles. The van der Waals surface area contributed by atoms with Crippen LogP contribution in [0.5, 0.6) is 0 Å². The average Bonchev–Trinajstić information content (AvgIpc) is 2.61. The Balaban J connectivity index is 1.86. The summed E-state index contributed by atoms with van der Waals surface area (Å²) in [5.74, 6) is 0. The molecule has 0 N–H and O–H groups in total. The lowest BCUT2D eigenvalue weighted by molar-refractivity contribution is 0.795. The number of unbranched alkanes of at least 4 members (excludes halogenated alkanes) is 1. The van der Waals surface area contributed by atoms with Crippen LogP contribution in [-0.4, -0.2) is 0 Å². The van der Waals surface area contributed by atoms with Crippen molar-refractivity contribution in [3.63, 3.8) is 0 Å². The van der Waals surface area contributed by atoms with Crippen LogP contribution in [-0.2, 0) is 6.42 Å². The Morgan fingerprint density at radius 3 is 1.78 bits per heavy atom. The van der Waals surface area contributed by atoms with Gasteiger partial charge in [0.25, 0.3) is 0 Å². The van der Waals surface area contributed by atoms with Crippen LogP contribution in [0.1, 0.15) is 30.9 Å². The van der Waals surface area contributed by atoms with Gasteiger partial charge in [-0.15, -0.1) is 0 Å². The Bertz CT molecular complexity index is 749. The molecule has 0 heterocycles. The maximum atomic E-state index is 2.28. The largest absolute Gasteiger partial charge is 0.0654 e. The van der Waals surface area contributed by atoms with Crippen LogP contribution in [0, 0.1) is 6.92 Å². The highest BCUT2D eigenvalue weighted by Crippen LogP contribution is 2.27. The van der Waals surface area contributed by atoms with E-state index in [0.29, 0.717) is 0 Å². The molecule has 0 heteroatoms. The average molecular weight is 300 g/mol. The van der Waals surface area contributed by atoms with Gasteiger partial charge in [0, 0.05) is 0 Å². The van der Waals surface area contributed by atoms with E-state index >= 15 is 0 Å². The minimum Gasteiger partial charge on any atom is -0.0654 e. The van der Waals surface area contributed by atoms with Crippen LogP contribution >= 0.6 is 0 Å². The first kappa shape index (κ1) is 15.6. The molecular weight excluding hydrogens is 276 g/mol. The van der Waals surface area contributed by atoms with Crippen LogP contribution in [0.2, 0.25) is 0 Å². The van der Waals surface area contributed by atoms with E-state index in [1.807, 2.05) is 0 Å². The summed E-state index contributed by atoms with van der Waals surface area (Å²) < 4.78 is 0. The lowest BCUT2D eigenvalue weighted by Crippen LogP contribution is -1.86. The van der Waals surface area contributed by atoms with Crippen molar-refractivity contribution >= 4 is 0 Å². The second-order valence-electron chi connectivity index (χ2n) is 6.25. The van der Waals surface area contributed by atoms with Gasteiger partial charge in [0.15, 0.2) is 0 Å². The first-order chi connectivity index (χ1) is 11.3. The Hall–Kier alpha value is -2.34. The minimum atomic E-state index is 1.18. The SMILES string of the molecule is CCCCc1ccc(-c2cccc(-c3ccc(C)cc3)c2)cc1. The zero-order valence-corrected chi connectivity index (χ0v) is 14.0. The molecule has 0 aliphatic heterocycles. The molecule has 0 saturated heterocycles. The summed E-state index contributed by atoms with van der Waals surface area (Å²) in [4.78, 5) is 0. The van der Waals surface area contributed by atoms with Gasteiger partial charge in [0.1, 0.15) is 0 Å². The summed E-state index contributed by atoms with van der Waals surface area (Å²) in [5.41, 5.74) is 7.86. The summed E-state index contributed by atoms with van der Waals surface area (Å²) in [6.45, 7) is 4.37. The molecule has 0 radical (unpaired) electrons. The Morgan fingerprint density at radius 1 is 0.652 bits per heavy atom. The summed E-state index contributed by atoms with van der Waals surface area (Å²) >= 11 is 0. The van der Waals surface area contributed by atoms with Gasteiger partial charge in [0.05, 0.1) is 0 Å². The second kappa shape index (κ2) is 7.28. The topological polar surface area (TPSA) is 0 Å². The molecule has 0 atom stereocenters. The fourth-order valence-corrected chi connectivity index (χ4v) is 2.87. The standard InChI is InChI=1S/C23H24/c1-3-4-6-19-11-15-21(16-12-19)23-8-5-7-22(17-23)20-13-9-18(2)10-14-20/h5,7-17H,3-4,6H2,1-2H3. The van der Waals surface area contributed by atoms with E-state index in [1.54, 1.807) is 0 Å². The van der Waals surface area contributed by atoms with Crippen molar-refractivity contribution in [1.29, 1.82) is 0 Å². The van der Waals surface area contributed by atoms with Crippen molar-refractivity contribution in [3.05, 3.63) is 83.9 Å². The number of hydrogen-bond donors (Lipinski definition) is 0. The fraction of sp³-hybridized carbons (Fsp3) is 0.217. The molecule has 3 aromatic carbocycles. The predicted molar refractivity (Wildman–Crippen MR) is 101 cm³/mol. The first-order valence-corrected chi connectivity index (χ1v) is 8.52. The highest BCUT2D eigenvalue weighted by atomic mass is 14.1. The summed E-state index contributed by atoms with van der Waals surface area (Å²) in [7, 11) is 0. The molecule has 3 rings (SSSR count). The molecule has 0 saturated carbocycles. The van der Waals surface area contributed by atoms with E-state index in [4.69, 9.17) is 0 Å². The first-order valence-electron chi connectivity index (χ1n) is 8.52. The normalized spacial score (nSPS) is 10.7. The van der Waals surface area contributed by atoms with Crippen molar-refractivity contribution < 1.29 is 0 Å². The molecule has 0 fully saturated rings. The van der Waals surface area contributed by atoms with Gasteiger partial charge >= 0.3 is 0 Å². The minimum absolute atomic E-state index is 1.18. The molecule has 0 bridgehead atoms. The number of rotatable bonds is 5. The molecule has 0 aliphatic carbocycles. The maximum Gasteiger partial charge on any atom is -0.0178 e. The van der Waals surface area contributed by atoms with Crippen molar-refractivity contribution in [1.82, 2.24) is 0 Å². The smallest absolute Gasteiger partial charge is 0.0178 e. The monoisotopic (exact) mass is 300 g/mol. The zero-order chi connectivity index (χ0) is 16.1. The molecule has 3 aromatic rings. The fourth-order valence-electron chi connectivity index (χ4n) is 2.87. The molecule has 0 spiro atoms. The van der Waals surface area contributed by atoms with Crippen molar-refractivity contribution in [3.8, 4) is 22.3 Å². The summed E-state index contributed by atoms with van der Waals surface area (Å²) in [6.07, 6.45) is 3.70. The quantitative estimate of drug-likeness (QED) is 0.493. The molecule has 116 valence electrons. The molecule has 0 aliphatic rings. The van der Waals surface area contributed by atoms with Gasteiger partial charge in [-0.05, 0) is 53.6 Å². The lowest BCUT2D eigenvalue weighted by atomic mass is 9.97. The van der Waals surface area contributed by atoms with Gasteiger partial charge in [-0.2, -0.15) is 0 Å². The van der Waals surface area contributed by atoms with E-state index < -0.39 is 0 Å². The van der Waals surface area contributed by atoms with Crippen LogP contribution in [0.15, 0.2) is 72.8 Å². The Labute approximate surface area is 139 Å². The Morgan fingerprint density at radius 2 is 1.22 bits per heavy atom. The molecule has 23 heavy (non-hydrogen) atoms. The van der Waals surface area contributed by atoms with Gasteiger partial charge in [-0.1, -0.05) is 85.6 Å². The van der Waals surface area contributed by atoms with Crippen LogP contribution in [0.4, 0.5) is 0 Å². The number of hydrogen-bond acceptors (Lipinski definition) is 0. The maximum absolute atomic E-state index is 2.28. The van der Waals surface area contributed by atoms with Crippen molar-refractivity contribution in [2.24, 2.45) is 0 Å². The number of benzene rings is 3. The molecular formula is C23H24. The van der Waals surface area contributed by atoms with Gasteiger partial charge in [0.2, 0.25) is 0 Å². The van der Waals surface area contributed by atoms with Gasteiger partial charge in [-0.3, -0.25) is 0 Å². The lowest BCUT2D eigenvalue weighted by Gasteiger charge is -2.08. The highest BCUT2D eigenvalue weighted by Gasteiger charge is 2.02. The van der Waals surface area contributed by atoms with Crippen molar-refractivity contribution in [2.75, 3.05) is 0 Å². The van der Waals surface area contributed by atoms with E-state index in [0.717, 1.165) is 0 Å². The van der Waals surface area contributed by atoms with E-state index in [9.17, 15) is 0 Å². The third-order valence-corrected chi connectivity index (χ3v) is 4.35. The molecule has 0 unspecified atom stereocenters.